The summed E-state index contributed by atoms with van der Waals surface area (Å²) in [4.78, 5) is 59.7. The second kappa shape index (κ2) is 8.25. The number of H-pyrrole nitrogens is 1. The number of ether oxygens (including phenoxy) is 1. The van der Waals surface area contributed by atoms with E-state index in [4.69, 9.17) is 24.3 Å². The third-order valence-corrected chi connectivity index (χ3v) is 7.17. The quantitative estimate of drug-likeness (QED) is 0.304. The molecule has 5 N–H and O–H groups in total. The van der Waals surface area contributed by atoms with Crippen LogP contribution in [0.3, 0.4) is 0 Å². The lowest BCUT2D eigenvalue weighted by Crippen LogP contribution is -2.38. The fourth-order valence-electron chi connectivity index (χ4n) is 2.48. The molecule has 1 aliphatic heterocycles. The van der Waals surface area contributed by atoms with Crippen LogP contribution >= 0.6 is 23.5 Å². The maximum Gasteiger partial charge on any atom is 0.492 e. The van der Waals surface area contributed by atoms with Crippen molar-refractivity contribution in [3.8, 4) is 0 Å². The number of hydrogen-bond acceptors (Lipinski definition) is 9. The number of hydrogen-bond donors (Lipinski definition) is 5. The number of rotatable bonds is 8. The molecule has 0 bridgehead atoms. The SMILES string of the molecule is C[C@@]1(F)C[C@@H](COP(=O)(OP(=O)(O)O)OP(=O)(O)O)O[C@H]1n1ccc(=O)[nH]c1=O. The molecule has 1 aromatic heterocycles. The topological polar surface area (TPSA) is 224 Å². The van der Waals surface area contributed by atoms with Crippen molar-refractivity contribution in [1.82, 2.24) is 9.55 Å². The van der Waals surface area contributed by atoms with E-state index in [9.17, 15) is 27.7 Å². The summed E-state index contributed by atoms with van der Waals surface area (Å²) in [5.41, 5.74) is -3.96. The van der Waals surface area contributed by atoms with Crippen LogP contribution in [0.1, 0.15) is 19.6 Å². The fraction of sp³-hybridized carbons (Fsp3) is 0.600. The monoisotopic (exact) mass is 484 g/mol. The van der Waals surface area contributed by atoms with E-state index in [1.54, 1.807) is 0 Å². The molecular formula is C10H16FN2O13P3. The number of halogens is 1. The van der Waals surface area contributed by atoms with Crippen LogP contribution in [0.25, 0.3) is 0 Å². The third kappa shape index (κ3) is 7.02. The van der Waals surface area contributed by atoms with E-state index in [2.05, 4.69) is 13.1 Å². The van der Waals surface area contributed by atoms with Gasteiger partial charge in [0.05, 0.1) is 12.7 Å². The molecule has 19 heteroatoms. The van der Waals surface area contributed by atoms with E-state index in [0.717, 1.165) is 23.8 Å². The van der Waals surface area contributed by atoms with Gasteiger partial charge in [-0.2, -0.15) is 8.62 Å². The van der Waals surface area contributed by atoms with E-state index in [1.165, 1.54) is 0 Å². The molecule has 15 nitrogen and oxygen atoms in total. The van der Waals surface area contributed by atoms with Crippen LogP contribution in [0, 0.1) is 0 Å². The Bertz CT molecular complexity index is 981. The highest BCUT2D eigenvalue weighted by Crippen LogP contribution is 2.67. The summed E-state index contributed by atoms with van der Waals surface area (Å²) in [6.45, 7) is 0.0818. The van der Waals surface area contributed by atoms with Gasteiger partial charge in [-0.05, 0) is 6.92 Å². The average molecular weight is 484 g/mol. The van der Waals surface area contributed by atoms with E-state index < -0.39 is 65.7 Å². The lowest BCUT2D eigenvalue weighted by molar-refractivity contribution is -0.0604. The van der Waals surface area contributed by atoms with Crippen molar-refractivity contribution in [3.05, 3.63) is 33.1 Å². The molecule has 0 unspecified atom stereocenters. The lowest BCUT2D eigenvalue weighted by atomic mass is 10.0. The highest BCUT2D eigenvalue weighted by Gasteiger charge is 2.49. The molecular weight excluding hydrogens is 468 g/mol. The Labute approximate surface area is 160 Å². The first-order valence-electron chi connectivity index (χ1n) is 7.44. The molecule has 0 saturated carbocycles. The first kappa shape index (κ1) is 24.3. The Kier molecular flexibility index (Phi) is 6.90. The van der Waals surface area contributed by atoms with E-state index >= 15 is 0 Å². The van der Waals surface area contributed by atoms with E-state index in [0.29, 0.717) is 0 Å². The van der Waals surface area contributed by atoms with Crippen molar-refractivity contribution in [3.63, 3.8) is 0 Å². The Morgan fingerprint density at radius 2 is 1.79 bits per heavy atom. The number of aromatic nitrogens is 2. The van der Waals surface area contributed by atoms with E-state index in [1.807, 2.05) is 4.98 Å². The molecule has 0 radical (unpaired) electrons. The maximum absolute atomic E-state index is 14.8. The highest BCUT2D eigenvalue weighted by molar-refractivity contribution is 7.66. The van der Waals surface area contributed by atoms with Crippen molar-refractivity contribution in [2.45, 2.75) is 31.3 Å². The zero-order valence-electron chi connectivity index (χ0n) is 14.4. The van der Waals surface area contributed by atoms with Crippen molar-refractivity contribution in [2.75, 3.05) is 6.61 Å². The Balaban J connectivity index is 2.18. The lowest BCUT2D eigenvalue weighted by Gasteiger charge is -2.22. The predicted octanol–water partition coefficient (Wildman–Crippen LogP) is -0.104. The molecule has 0 spiro atoms. The molecule has 3 atom stereocenters. The predicted molar refractivity (Wildman–Crippen MR) is 89.2 cm³/mol. The van der Waals surface area contributed by atoms with Gasteiger partial charge in [0.15, 0.2) is 11.9 Å². The molecule has 0 aliphatic carbocycles. The van der Waals surface area contributed by atoms with Crippen LogP contribution < -0.4 is 11.2 Å². The van der Waals surface area contributed by atoms with Gasteiger partial charge >= 0.3 is 29.2 Å². The highest BCUT2D eigenvalue weighted by atomic mass is 31.3. The number of phosphoric acid groups is 3. The van der Waals surface area contributed by atoms with Crippen molar-refractivity contribution in [1.29, 1.82) is 0 Å². The van der Waals surface area contributed by atoms with Crippen LogP contribution in [0.15, 0.2) is 21.9 Å². The van der Waals surface area contributed by atoms with Crippen molar-refractivity contribution >= 4 is 23.5 Å². The summed E-state index contributed by atoms with van der Waals surface area (Å²) in [5, 5.41) is 0. The summed E-state index contributed by atoms with van der Waals surface area (Å²) in [6, 6.07) is 0.931. The van der Waals surface area contributed by atoms with Gasteiger partial charge in [-0.15, -0.1) is 0 Å². The van der Waals surface area contributed by atoms with Gasteiger partial charge in [-0.3, -0.25) is 18.9 Å². The summed E-state index contributed by atoms with van der Waals surface area (Å²) < 4.78 is 66.5. The molecule has 1 aliphatic rings. The molecule has 1 aromatic rings. The molecule has 0 aromatic carbocycles. The van der Waals surface area contributed by atoms with Crippen LogP contribution in [-0.2, 0) is 31.6 Å². The van der Waals surface area contributed by atoms with Crippen LogP contribution in [0.4, 0.5) is 4.39 Å². The largest absolute Gasteiger partial charge is 0.492 e. The summed E-state index contributed by atoms with van der Waals surface area (Å²) in [6.07, 6.45) is -2.44. The summed E-state index contributed by atoms with van der Waals surface area (Å²) >= 11 is 0. The molecule has 0 amide bonds. The normalized spacial score (nSPS) is 26.0. The van der Waals surface area contributed by atoms with Gasteiger partial charge in [0, 0.05) is 18.7 Å². The molecule has 2 heterocycles. The molecule has 2 rings (SSSR count). The Hall–Kier alpha value is -1.02. The molecule has 1 fully saturated rings. The number of nitrogens with one attached hydrogen (secondary N) is 1. The zero-order valence-corrected chi connectivity index (χ0v) is 17.0. The third-order valence-electron chi connectivity index (χ3n) is 3.40. The first-order chi connectivity index (χ1) is 13.0. The maximum atomic E-state index is 14.8. The minimum Gasteiger partial charge on any atom is -0.349 e. The fourth-order valence-corrected chi connectivity index (χ4v) is 5.68. The van der Waals surface area contributed by atoms with Crippen LogP contribution in [-0.4, -0.2) is 47.5 Å². The molecule has 29 heavy (non-hydrogen) atoms. The van der Waals surface area contributed by atoms with Gasteiger partial charge < -0.3 is 24.3 Å². The van der Waals surface area contributed by atoms with Gasteiger partial charge in [0.1, 0.15) is 0 Å². The minimum atomic E-state index is -5.58. The number of nitrogens with zero attached hydrogens (tertiary/aromatic N) is 1. The smallest absolute Gasteiger partial charge is 0.349 e. The van der Waals surface area contributed by atoms with Gasteiger partial charge in [-0.1, -0.05) is 0 Å². The first-order valence-corrected chi connectivity index (χ1v) is 12.0. The van der Waals surface area contributed by atoms with Gasteiger partial charge in [-0.25, -0.2) is 22.9 Å². The van der Waals surface area contributed by atoms with Crippen LogP contribution in [0.2, 0.25) is 0 Å². The zero-order chi connectivity index (χ0) is 22.3. The standard InChI is InChI=1S/C10H16FN2O13P3/c1-10(11)4-6(24-8(10)13-3-2-7(14)12-9(13)15)5-23-29(22,25-27(16,17)18)26-28(19,20)21/h2-3,6,8H,4-5H2,1H3,(H,12,14,15)(H2,16,17,18)(H2,19,20,21)/t6-,8+,10+/m0/s1. The summed E-state index contributed by atoms with van der Waals surface area (Å²) in [7, 11) is -16.7. The second-order valence-electron chi connectivity index (χ2n) is 6.00. The molecule has 166 valence electrons. The van der Waals surface area contributed by atoms with Gasteiger partial charge in [0.25, 0.3) is 5.56 Å². The average Bonchev–Trinajstić information content (AvgIpc) is 2.76. The molecule has 1 saturated heterocycles. The van der Waals surface area contributed by atoms with E-state index in [-0.39, 0.29) is 0 Å². The number of aromatic amines is 1. The van der Waals surface area contributed by atoms with Crippen molar-refractivity contribution < 1.29 is 55.5 Å². The second-order valence-corrected chi connectivity index (χ2v) is 10.4. The summed E-state index contributed by atoms with van der Waals surface area (Å²) in [5.74, 6) is 0. The Morgan fingerprint density at radius 1 is 1.24 bits per heavy atom. The minimum absolute atomic E-state index is 0.505. The van der Waals surface area contributed by atoms with Crippen LogP contribution in [0.5, 0.6) is 0 Å². The van der Waals surface area contributed by atoms with Gasteiger partial charge in [0.2, 0.25) is 0 Å². The number of alkyl halides is 1. The van der Waals surface area contributed by atoms with Crippen molar-refractivity contribution in [2.24, 2.45) is 0 Å². The Morgan fingerprint density at radius 3 is 2.28 bits per heavy atom.